The molecular weight excluding hydrogens is 716 g/mol. The van der Waals surface area contributed by atoms with Gasteiger partial charge in [0.2, 0.25) is 0 Å². The fourth-order valence-corrected chi connectivity index (χ4v) is 6.04. The van der Waals surface area contributed by atoms with Crippen LogP contribution in [0.1, 0.15) is 70.1 Å². The van der Waals surface area contributed by atoms with Gasteiger partial charge in [-0.2, -0.15) is 0 Å². The van der Waals surface area contributed by atoms with E-state index in [0.29, 0.717) is 44.7 Å². The lowest BCUT2D eigenvalue weighted by Crippen LogP contribution is -2.50. The molecule has 15 nitrogen and oxygen atoms in total. The van der Waals surface area contributed by atoms with Crippen LogP contribution in [0, 0.1) is 12.8 Å². The van der Waals surface area contributed by atoms with E-state index in [1.54, 1.807) is 12.1 Å². The minimum atomic E-state index is -1.70. The minimum Gasteiger partial charge on any atom is -0.394 e. The van der Waals surface area contributed by atoms with Gasteiger partial charge in [-0.15, -0.1) is 0 Å². The van der Waals surface area contributed by atoms with E-state index in [0.717, 1.165) is 42.4 Å². The van der Waals surface area contributed by atoms with Crippen LogP contribution in [-0.4, -0.2) is 123 Å². The Hall–Kier alpha value is -3.93. The summed E-state index contributed by atoms with van der Waals surface area (Å²) in [5.74, 6) is -0.916. The minimum absolute atomic E-state index is 0.00586. The number of nitrogen functional groups attached to an aromatic ring is 2. The van der Waals surface area contributed by atoms with E-state index in [4.69, 9.17) is 28.2 Å². The molecule has 5 unspecified atom stereocenters. The van der Waals surface area contributed by atoms with Crippen LogP contribution in [0.3, 0.4) is 0 Å². The van der Waals surface area contributed by atoms with Crippen LogP contribution in [0.2, 0.25) is 5.15 Å². The molecular formula is C38H57ClN8O7. The van der Waals surface area contributed by atoms with Gasteiger partial charge in [0.05, 0.1) is 12.7 Å². The number of anilines is 2. The molecule has 2 aromatic carbocycles. The first-order chi connectivity index (χ1) is 25.8. The standard InChI is InChI=1S/C38H57ClN8O7/c1-3-4-5-8-16-47(22-29(49)32(51)33(52)30(50)23-48)17-15-43-37(53)27-13-11-25(12-14-27)19-42-20-26(18-28-10-7-6-9-24(28)2)21-44-38(54)31-35(40)46-36(41)34(39)45-31/h6-7,9-14,26,29-30,32-33,42,48-52H,3-5,8,15-23H2,1-2H3,(H,43,53)(H,44,54)(H4,40,41,46). The third-order valence-electron chi connectivity index (χ3n) is 9.23. The molecule has 12 N–H and O–H groups in total. The van der Waals surface area contributed by atoms with Crippen LogP contribution in [0.25, 0.3) is 0 Å². The predicted octanol–water partition coefficient (Wildman–Crippen LogP) is 1.03. The lowest BCUT2D eigenvalue weighted by Gasteiger charge is -2.30. The molecule has 0 aliphatic carbocycles. The molecule has 0 fully saturated rings. The molecule has 1 heterocycles. The summed E-state index contributed by atoms with van der Waals surface area (Å²) in [5, 5.41) is 58.7. The Bertz CT molecular complexity index is 1600. The monoisotopic (exact) mass is 772 g/mol. The number of unbranched alkanes of at least 4 members (excludes halogenated alkanes) is 3. The first-order valence-electron chi connectivity index (χ1n) is 18.4. The van der Waals surface area contributed by atoms with E-state index in [9.17, 15) is 30.0 Å². The lowest BCUT2D eigenvalue weighted by atomic mass is 9.95. The second kappa shape index (κ2) is 23.1. The Morgan fingerprint density at radius 2 is 1.56 bits per heavy atom. The Kier molecular flexibility index (Phi) is 19.0. The van der Waals surface area contributed by atoms with Gasteiger partial charge < -0.3 is 53.0 Å². The Morgan fingerprint density at radius 3 is 2.24 bits per heavy atom. The Morgan fingerprint density at radius 1 is 0.852 bits per heavy atom. The Labute approximate surface area is 322 Å². The predicted molar refractivity (Wildman–Crippen MR) is 209 cm³/mol. The van der Waals surface area contributed by atoms with Crippen molar-refractivity contribution in [2.24, 2.45) is 5.92 Å². The van der Waals surface area contributed by atoms with Gasteiger partial charge in [-0.1, -0.05) is 74.2 Å². The van der Waals surface area contributed by atoms with Crippen molar-refractivity contribution in [1.29, 1.82) is 0 Å². The number of aryl methyl sites for hydroxylation is 1. The fraction of sp³-hybridized carbons (Fsp3) is 0.526. The summed E-state index contributed by atoms with van der Waals surface area (Å²) in [6.07, 6.45) is -1.64. The van der Waals surface area contributed by atoms with E-state index in [2.05, 4.69) is 38.9 Å². The van der Waals surface area contributed by atoms with Crippen LogP contribution >= 0.6 is 11.6 Å². The highest BCUT2D eigenvalue weighted by molar-refractivity contribution is 6.31. The van der Waals surface area contributed by atoms with Crippen molar-refractivity contribution in [2.75, 3.05) is 57.3 Å². The van der Waals surface area contributed by atoms with Crippen molar-refractivity contribution in [3.05, 3.63) is 81.6 Å². The molecule has 3 aromatic rings. The van der Waals surface area contributed by atoms with E-state index < -0.39 is 36.9 Å². The van der Waals surface area contributed by atoms with Gasteiger partial charge in [0, 0.05) is 44.8 Å². The number of aliphatic hydroxyl groups is 5. The van der Waals surface area contributed by atoms with Crippen LogP contribution in [0.5, 0.6) is 0 Å². The average molecular weight is 773 g/mol. The number of halogens is 1. The normalized spacial score (nSPS) is 14.3. The van der Waals surface area contributed by atoms with Crippen molar-refractivity contribution < 1.29 is 35.1 Å². The number of benzene rings is 2. The SMILES string of the molecule is CCCCCCN(CCNC(=O)c1ccc(CNCC(CNC(=O)c2nc(Cl)c(N)nc2N)Cc2ccccc2C)cc1)CC(O)C(O)C(O)C(O)CO. The molecule has 298 valence electrons. The second-order valence-corrected chi connectivity index (χ2v) is 13.9. The van der Waals surface area contributed by atoms with Gasteiger partial charge in [0.15, 0.2) is 22.5 Å². The Balaban J connectivity index is 1.54. The van der Waals surface area contributed by atoms with Crippen LogP contribution < -0.4 is 27.4 Å². The summed E-state index contributed by atoms with van der Waals surface area (Å²) in [6.45, 7) is 6.12. The summed E-state index contributed by atoms with van der Waals surface area (Å²) in [5.41, 5.74) is 15.2. The van der Waals surface area contributed by atoms with E-state index >= 15 is 0 Å². The number of rotatable bonds is 24. The van der Waals surface area contributed by atoms with Crippen molar-refractivity contribution >= 4 is 35.1 Å². The van der Waals surface area contributed by atoms with Crippen LogP contribution in [0.4, 0.5) is 11.6 Å². The zero-order valence-electron chi connectivity index (χ0n) is 31.1. The molecule has 0 saturated carbocycles. The smallest absolute Gasteiger partial charge is 0.273 e. The van der Waals surface area contributed by atoms with Gasteiger partial charge in [-0.25, -0.2) is 9.97 Å². The molecule has 0 aliphatic rings. The van der Waals surface area contributed by atoms with Crippen LogP contribution in [-0.2, 0) is 13.0 Å². The third-order valence-corrected chi connectivity index (χ3v) is 9.51. The number of carbonyl (C=O) groups excluding carboxylic acids is 2. The summed E-state index contributed by atoms with van der Waals surface area (Å²) < 4.78 is 0. The molecule has 16 heteroatoms. The first kappa shape index (κ1) is 44.5. The van der Waals surface area contributed by atoms with E-state index in [1.165, 1.54) is 0 Å². The number of aliphatic hydroxyl groups excluding tert-OH is 5. The number of nitrogens with one attached hydrogen (secondary N) is 3. The average Bonchev–Trinajstić information content (AvgIpc) is 3.16. The van der Waals surface area contributed by atoms with E-state index in [1.807, 2.05) is 42.2 Å². The molecule has 54 heavy (non-hydrogen) atoms. The lowest BCUT2D eigenvalue weighted by molar-refractivity contribution is -0.119. The van der Waals surface area contributed by atoms with Crippen molar-refractivity contribution in [1.82, 2.24) is 30.8 Å². The number of carbonyl (C=O) groups is 2. The second-order valence-electron chi connectivity index (χ2n) is 13.6. The van der Waals surface area contributed by atoms with Crippen molar-refractivity contribution in [2.45, 2.75) is 76.9 Å². The molecule has 1 aromatic heterocycles. The van der Waals surface area contributed by atoms with Crippen LogP contribution in [0.15, 0.2) is 48.5 Å². The zero-order chi connectivity index (χ0) is 39.6. The van der Waals surface area contributed by atoms with Crippen molar-refractivity contribution in [3.8, 4) is 0 Å². The quantitative estimate of drug-likeness (QED) is 0.0572. The molecule has 0 bridgehead atoms. The molecule has 0 saturated heterocycles. The number of hydrogen-bond acceptors (Lipinski definition) is 13. The zero-order valence-corrected chi connectivity index (χ0v) is 31.9. The largest absolute Gasteiger partial charge is 0.394 e. The molecule has 3 rings (SSSR count). The summed E-state index contributed by atoms with van der Waals surface area (Å²) >= 11 is 5.97. The van der Waals surface area contributed by atoms with Crippen molar-refractivity contribution in [3.63, 3.8) is 0 Å². The maximum absolute atomic E-state index is 13.0. The summed E-state index contributed by atoms with van der Waals surface area (Å²) in [7, 11) is 0. The number of aromatic nitrogens is 2. The highest BCUT2D eigenvalue weighted by Gasteiger charge is 2.31. The maximum atomic E-state index is 13.0. The summed E-state index contributed by atoms with van der Waals surface area (Å²) in [4.78, 5) is 35.7. The van der Waals surface area contributed by atoms with Gasteiger partial charge in [-0.3, -0.25) is 14.5 Å². The first-order valence-corrected chi connectivity index (χ1v) is 18.8. The third kappa shape index (κ3) is 14.4. The number of amides is 2. The maximum Gasteiger partial charge on any atom is 0.273 e. The van der Waals surface area contributed by atoms with Gasteiger partial charge >= 0.3 is 0 Å². The molecule has 2 amide bonds. The van der Waals surface area contributed by atoms with Gasteiger partial charge in [0.25, 0.3) is 11.8 Å². The molecule has 5 atom stereocenters. The highest BCUT2D eigenvalue weighted by Crippen LogP contribution is 2.18. The van der Waals surface area contributed by atoms with Gasteiger partial charge in [0.1, 0.15) is 18.3 Å². The van der Waals surface area contributed by atoms with E-state index in [-0.39, 0.29) is 47.4 Å². The van der Waals surface area contributed by atoms with Gasteiger partial charge in [-0.05, 0) is 61.1 Å². The molecule has 0 aliphatic heterocycles. The topological polar surface area (TPSA) is 252 Å². The highest BCUT2D eigenvalue weighted by atomic mass is 35.5. The molecule has 0 radical (unpaired) electrons. The summed E-state index contributed by atoms with van der Waals surface area (Å²) in [6, 6.07) is 15.3. The number of nitrogens with two attached hydrogens (primary N) is 2. The molecule has 0 spiro atoms. The number of nitrogens with zero attached hydrogens (tertiary/aromatic N) is 3. The number of hydrogen-bond donors (Lipinski definition) is 10. The fourth-order valence-electron chi connectivity index (χ4n) is 5.91.